The molecule has 0 radical (unpaired) electrons. The molecule has 0 aliphatic rings. The topological polar surface area (TPSA) is 84.9 Å². The molecule has 0 fully saturated rings. The van der Waals surface area contributed by atoms with Crippen LogP contribution in [-0.4, -0.2) is 15.8 Å². The van der Waals surface area contributed by atoms with Gasteiger partial charge in [-0.15, -0.1) is 0 Å². The molecule has 104 valence electrons. The number of aromatic nitrogens is 2. The zero-order valence-electron chi connectivity index (χ0n) is 11.5. The first-order valence-electron chi connectivity index (χ1n) is 6.48. The average molecular weight is 278 g/mol. The third-order valence-corrected chi connectivity index (χ3v) is 3.20. The van der Waals surface area contributed by atoms with Gasteiger partial charge in [0.25, 0.3) is 0 Å². The minimum atomic E-state index is -0.0659. The summed E-state index contributed by atoms with van der Waals surface area (Å²) in [5, 5.41) is 8.67. The number of rotatable bonds is 3. The summed E-state index contributed by atoms with van der Waals surface area (Å²) < 4.78 is 5.87. The lowest BCUT2D eigenvalue weighted by Gasteiger charge is -2.12. The number of pyridine rings is 2. The maximum atomic E-state index is 7.69. The van der Waals surface area contributed by atoms with Gasteiger partial charge in [0.1, 0.15) is 11.4 Å². The van der Waals surface area contributed by atoms with Gasteiger partial charge in [0.2, 0.25) is 5.88 Å². The Kier molecular flexibility index (Phi) is 3.23. The van der Waals surface area contributed by atoms with E-state index >= 15 is 0 Å². The van der Waals surface area contributed by atoms with Gasteiger partial charge in [-0.2, -0.15) is 0 Å². The number of nitrogens with zero attached hydrogens (tertiary/aromatic N) is 2. The van der Waals surface area contributed by atoms with E-state index in [0.29, 0.717) is 17.2 Å². The van der Waals surface area contributed by atoms with Crippen LogP contribution in [0.25, 0.3) is 10.9 Å². The SMILES string of the molecule is Cc1ccnc(Oc2cccc3cccnc23)c1C(=N)N. The number of amidine groups is 1. The second kappa shape index (κ2) is 5.20. The molecule has 0 atom stereocenters. The Balaban J connectivity index is 2.12. The molecular weight excluding hydrogens is 264 g/mol. The minimum absolute atomic E-state index is 0.0659. The highest BCUT2D eigenvalue weighted by Crippen LogP contribution is 2.29. The number of nitrogens with two attached hydrogens (primary N) is 1. The van der Waals surface area contributed by atoms with Crippen molar-refractivity contribution in [2.75, 3.05) is 0 Å². The molecule has 3 N–H and O–H groups in total. The van der Waals surface area contributed by atoms with Gasteiger partial charge in [-0.05, 0) is 30.7 Å². The molecule has 1 aromatic carbocycles. The molecule has 0 aliphatic heterocycles. The van der Waals surface area contributed by atoms with E-state index < -0.39 is 0 Å². The first kappa shape index (κ1) is 13.1. The summed E-state index contributed by atoms with van der Waals surface area (Å²) in [6.07, 6.45) is 3.35. The summed E-state index contributed by atoms with van der Waals surface area (Å²) in [5.41, 5.74) is 7.73. The minimum Gasteiger partial charge on any atom is -0.436 e. The molecular formula is C16H14N4O. The van der Waals surface area contributed by atoms with Gasteiger partial charge in [0, 0.05) is 17.8 Å². The van der Waals surface area contributed by atoms with E-state index in [9.17, 15) is 0 Å². The number of hydrogen-bond acceptors (Lipinski definition) is 4. The third kappa shape index (κ3) is 2.41. The van der Waals surface area contributed by atoms with Crippen molar-refractivity contribution in [1.29, 1.82) is 5.41 Å². The summed E-state index contributed by atoms with van der Waals surface area (Å²) in [4.78, 5) is 8.53. The predicted molar refractivity (Wildman–Crippen MR) is 81.8 cm³/mol. The highest BCUT2D eigenvalue weighted by Gasteiger charge is 2.13. The van der Waals surface area contributed by atoms with Crippen molar-refractivity contribution in [1.82, 2.24) is 9.97 Å². The summed E-state index contributed by atoms with van der Waals surface area (Å²) in [5.74, 6) is 0.846. The summed E-state index contributed by atoms with van der Waals surface area (Å²) in [7, 11) is 0. The Morgan fingerprint density at radius 2 is 1.90 bits per heavy atom. The molecule has 3 aromatic rings. The number of hydrogen-bond donors (Lipinski definition) is 2. The van der Waals surface area contributed by atoms with E-state index in [1.54, 1.807) is 18.5 Å². The third-order valence-electron chi connectivity index (χ3n) is 3.20. The second-order valence-electron chi connectivity index (χ2n) is 4.66. The molecule has 3 rings (SSSR count). The fourth-order valence-corrected chi connectivity index (χ4v) is 2.20. The summed E-state index contributed by atoms with van der Waals surface area (Å²) in [6.45, 7) is 1.87. The zero-order valence-corrected chi connectivity index (χ0v) is 11.5. The number of nitrogen functional groups attached to an aromatic ring is 1. The lowest BCUT2D eigenvalue weighted by atomic mass is 10.1. The van der Waals surface area contributed by atoms with Crippen LogP contribution in [0.15, 0.2) is 48.8 Å². The van der Waals surface area contributed by atoms with E-state index in [-0.39, 0.29) is 5.84 Å². The Labute approximate surface area is 121 Å². The number of para-hydroxylation sites is 1. The number of nitrogens with one attached hydrogen (secondary N) is 1. The zero-order chi connectivity index (χ0) is 14.8. The van der Waals surface area contributed by atoms with Crippen molar-refractivity contribution in [2.24, 2.45) is 5.73 Å². The molecule has 21 heavy (non-hydrogen) atoms. The average Bonchev–Trinajstić information content (AvgIpc) is 2.47. The van der Waals surface area contributed by atoms with Gasteiger partial charge in [-0.25, -0.2) is 4.98 Å². The number of benzene rings is 1. The molecule has 0 bridgehead atoms. The molecule has 0 amide bonds. The largest absolute Gasteiger partial charge is 0.436 e. The van der Waals surface area contributed by atoms with Crippen LogP contribution >= 0.6 is 0 Å². The van der Waals surface area contributed by atoms with E-state index in [1.807, 2.05) is 37.3 Å². The van der Waals surface area contributed by atoms with Gasteiger partial charge in [0.05, 0.1) is 5.56 Å². The van der Waals surface area contributed by atoms with Gasteiger partial charge in [-0.3, -0.25) is 10.4 Å². The fourth-order valence-electron chi connectivity index (χ4n) is 2.20. The monoisotopic (exact) mass is 278 g/mol. The van der Waals surface area contributed by atoms with Crippen LogP contribution in [-0.2, 0) is 0 Å². The predicted octanol–water partition coefficient (Wildman–Crippen LogP) is 3.01. The maximum absolute atomic E-state index is 7.69. The molecule has 0 unspecified atom stereocenters. The fraction of sp³-hybridized carbons (Fsp3) is 0.0625. The molecule has 5 nitrogen and oxygen atoms in total. The van der Waals surface area contributed by atoms with Crippen LogP contribution in [0.3, 0.4) is 0 Å². The van der Waals surface area contributed by atoms with Crippen LogP contribution in [0.5, 0.6) is 11.6 Å². The number of aryl methyl sites for hydroxylation is 1. The van der Waals surface area contributed by atoms with E-state index in [1.165, 1.54) is 0 Å². The van der Waals surface area contributed by atoms with Gasteiger partial charge < -0.3 is 10.5 Å². The van der Waals surface area contributed by atoms with Crippen molar-refractivity contribution in [3.63, 3.8) is 0 Å². The van der Waals surface area contributed by atoms with Gasteiger partial charge >= 0.3 is 0 Å². The number of ether oxygens (including phenoxy) is 1. The first-order chi connectivity index (χ1) is 10.2. The van der Waals surface area contributed by atoms with Crippen LogP contribution in [0.4, 0.5) is 0 Å². The molecule has 0 saturated carbocycles. The Hall–Kier alpha value is -2.95. The molecule has 0 saturated heterocycles. The van der Waals surface area contributed by atoms with Gasteiger partial charge in [0.15, 0.2) is 5.75 Å². The Bertz CT molecular complexity index is 824. The molecule has 5 heteroatoms. The van der Waals surface area contributed by atoms with Crippen LogP contribution in [0.2, 0.25) is 0 Å². The van der Waals surface area contributed by atoms with Crippen molar-refractivity contribution in [3.05, 3.63) is 59.9 Å². The van der Waals surface area contributed by atoms with Crippen molar-refractivity contribution in [2.45, 2.75) is 6.92 Å². The molecule has 2 heterocycles. The molecule has 0 aliphatic carbocycles. The highest BCUT2D eigenvalue weighted by molar-refractivity contribution is 5.98. The Morgan fingerprint density at radius 1 is 1.10 bits per heavy atom. The quantitative estimate of drug-likeness (QED) is 0.569. The maximum Gasteiger partial charge on any atom is 0.230 e. The van der Waals surface area contributed by atoms with Crippen LogP contribution in [0.1, 0.15) is 11.1 Å². The lowest BCUT2D eigenvalue weighted by Crippen LogP contribution is -2.15. The molecule has 2 aromatic heterocycles. The highest BCUT2D eigenvalue weighted by atomic mass is 16.5. The summed E-state index contributed by atoms with van der Waals surface area (Å²) in [6, 6.07) is 11.3. The normalized spacial score (nSPS) is 10.5. The molecule has 0 spiro atoms. The number of fused-ring (bicyclic) bond motifs is 1. The summed E-state index contributed by atoms with van der Waals surface area (Å²) >= 11 is 0. The van der Waals surface area contributed by atoms with Gasteiger partial charge in [-0.1, -0.05) is 18.2 Å². The van der Waals surface area contributed by atoms with Crippen molar-refractivity contribution in [3.8, 4) is 11.6 Å². The first-order valence-corrected chi connectivity index (χ1v) is 6.48. The van der Waals surface area contributed by atoms with Crippen molar-refractivity contribution >= 4 is 16.7 Å². The van der Waals surface area contributed by atoms with E-state index in [4.69, 9.17) is 15.9 Å². The standard InChI is InChI=1S/C16H14N4O/c1-10-7-9-20-16(13(10)15(17)18)21-12-6-2-4-11-5-3-8-19-14(11)12/h2-9H,1H3,(H3,17,18). The van der Waals surface area contributed by atoms with E-state index in [0.717, 1.165) is 16.5 Å². The van der Waals surface area contributed by atoms with Crippen molar-refractivity contribution < 1.29 is 4.74 Å². The Morgan fingerprint density at radius 3 is 2.71 bits per heavy atom. The van der Waals surface area contributed by atoms with Crippen LogP contribution < -0.4 is 10.5 Å². The van der Waals surface area contributed by atoms with E-state index in [2.05, 4.69) is 9.97 Å². The second-order valence-corrected chi connectivity index (χ2v) is 4.66. The lowest BCUT2D eigenvalue weighted by molar-refractivity contribution is 0.465. The van der Waals surface area contributed by atoms with Crippen LogP contribution in [0, 0.1) is 12.3 Å². The smallest absolute Gasteiger partial charge is 0.230 e.